The van der Waals surface area contributed by atoms with Gasteiger partial charge in [-0.2, -0.15) is 0 Å². The number of aromatic nitrogens is 1. The average molecular weight is 291 g/mol. The molecule has 0 spiro atoms. The maximum absolute atomic E-state index is 5.37. The van der Waals surface area contributed by atoms with Crippen molar-refractivity contribution < 1.29 is 4.74 Å². The second kappa shape index (κ2) is 6.75. The molecular weight excluding hydrogens is 262 g/mol. The Morgan fingerprint density at radius 1 is 1.43 bits per heavy atom. The molecule has 2 heterocycles. The Balaban J connectivity index is 2.16. The van der Waals surface area contributed by atoms with Gasteiger partial charge < -0.3 is 10.1 Å². The highest BCUT2D eigenvalue weighted by Gasteiger charge is 2.33. The summed E-state index contributed by atoms with van der Waals surface area (Å²) in [4.78, 5) is 7.25. The number of methoxy groups -OCH3 is 1. The van der Waals surface area contributed by atoms with Crippen molar-refractivity contribution in [1.29, 1.82) is 0 Å². The highest BCUT2D eigenvalue weighted by Crippen LogP contribution is 2.23. The summed E-state index contributed by atoms with van der Waals surface area (Å²) in [5, 5.41) is 3.71. The maximum atomic E-state index is 5.37. The number of nitrogens with zero attached hydrogens (tertiary/aromatic N) is 2. The number of piperazine rings is 1. The average Bonchev–Trinajstić information content (AvgIpc) is 2.47. The maximum Gasteiger partial charge on any atom is 0.122 e. The van der Waals surface area contributed by atoms with E-state index < -0.39 is 0 Å². The minimum atomic E-state index is 0.208. The van der Waals surface area contributed by atoms with E-state index in [2.05, 4.69) is 42.0 Å². The lowest BCUT2D eigenvalue weighted by Gasteiger charge is -2.45. The van der Waals surface area contributed by atoms with Crippen LogP contribution < -0.4 is 10.1 Å². The molecule has 1 aliphatic heterocycles. The molecule has 1 aromatic heterocycles. The third kappa shape index (κ3) is 3.95. The van der Waals surface area contributed by atoms with Gasteiger partial charge in [-0.15, -0.1) is 0 Å². The molecule has 0 radical (unpaired) electrons. The van der Waals surface area contributed by atoms with Crippen molar-refractivity contribution in [3.05, 3.63) is 23.5 Å². The monoisotopic (exact) mass is 291 g/mol. The summed E-state index contributed by atoms with van der Waals surface area (Å²) in [6, 6.07) is 4.62. The Bertz CT molecular complexity index is 477. The van der Waals surface area contributed by atoms with Gasteiger partial charge in [-0.1, -0.05) is 13.8 Å². The minimum Gasteiger partial charge on any atom is -0.497 e. The van der Waals surface area contributed by atoms with Gasteiger partial charge in [0.05, 0.1) is 12.8 Å². The van der Waals surface area contributed by atoms with Crippen molar-refractivity contribution in [3.63, 3.8) is 0 Å². The molecule has 1 aliphatic rings. The van der Waals surface area contributed by atoms with Gasteiger partial charge in [-0.25, -0.2) is 0 Å². The first kappa shape index (κ1) is 16.2. The highest BCUT2D eigenvalue weighted by atomic mass is 16.5. The van der Waals surface area contributed by atoms with E-state index >= 15 is 0 Å². The molecule has 1 saturated heterocycles. The summed E-state index contributed by atoms with van der Waals surface area (Å²) < 4.78 is 5.37. The fraction of sp³-hybridized carbons (Fsp3) is 0.706. The molecule has 4 nitrogen and oxygen atoms in total. The van der Waals surface area contributed by atoms with Crippen LogP contribution in [-0.2, 0) is 6.54 Å². The molecule has 1 N–H and O–H groups in total. The summed E-state index contributed by atoms with van der Waals surface area (Å²) >= 11 is 0. The van der Waals surface area contributed by atoms with Crippen LogP contribution in [0.2, 0.25) is 0 Å². The SMILES string of the molecule is CCC1CNC(C)(CC)CN1Cc1cc(OC)cc(C)n1. The van der Waals surface area contributed by atoms with E-state index in [9.17, 15) is 0 Å². The largest absolute Gasteiger partial charge is 0.497 e. The summed E-state index contributed by atoms with van der Waals surface area (Å²) in [6.45, 7) is 11.9. The van der Waals surface area contributed by atoms with E-state index in [1.54, 1.807) is 7.11 Å². The summed E-state index contributed by atoms with van der Waals surface area (Å²) in [5.41, 5.74) is 2.33. The molecule has 2 atom stereocenters. The summed E-state index contributed by atoms with van der Waals surface area (Å²) in [5.74, 6) is 0.902. The van der Waals surface area contributed by atoms with E-state index in [1.807, 2.05) is 13.0 Å². The number of aryl methyl sites for hydroxylation is 1. The normalized spacial score (nSPS) is 26.8. The van der Waals surface area contributed by atoms with E-state index in [4.69, 9.17) is 4.74 Å². The van der Waals surface area contributed by atoms with Gasteiger partial charge >= 0.3 is 0 Å². The number of nitrogens with one attached hydrogen (secondary N) is 1. The van der Waals surface area contributed by atoms with Crippen LogP contribution in [0.3, 0.4) is 0 Å². The standard InChI is InChI=1S/C17H29N3O/c1-6-15-10-18-17(4,7-2)12-20(15)11-14-9-16(21-5)8-13(3)19-14/h8-9,15,18H,6-7,10-12H2,1-5H3. The molecule has 0 aliphatic carbocycles. The van der Waals surface area contributed by atoms with Gasteiger partial charge in [0.25, 0.3) is 0 Å². The van der Waals surface area contributed by atoms with Crippen LogP contribution in [0.4, 0.5) is 0 Å². The lowest BCUT2D eigenvalue weighted by atomic mass is 9.92. The van der Waals surface area contributed by atoms with Crippen molar-refractivity contribution in [3.8, 4) is 5.75 Å². The van der Waals surface area contributed by atoms with Crippen LogP contribution in [0, 0.1) is 6.92 Å². The third-order valence-corrected chi connectivity index (χ3v) is 4.67. The van der Waals surface area contributed by atoms with Gasteiger partial charge in [0, 0.05) is 49.0 Å². The number of ether oxygens (including phenoxy) is 1. The Hall–Kier alpha value is -1.13. The number of hydrogen-bond acceptors (Lipinski definition) is 4. The number of pyridine rings is 1. The van der Waals surface area contributed by atoms with Gasteiger partial charge in [0.15, 0.2) is 0 Å². The molecule has 1 aromatic rings. The van der Waals surface area contributed by atoms with Crippen LogP contribution in [0.1, 0.15) is 45.0 Å². The Kier molecular flexibility index (Phi) is 5.22. The zero-order chi connectivity index (χ0) is 15.5. The minimum absolute atomic E-state index is 0.208. The fourth-order valence-corrected chi connectivity index (χ4v) is 3.06. The van der Waals surface area contributed by atoms with Crippen LogP contribution in [0.15, 0.2) is 12.1 Å². The smallest absolute Gasteiger partial charge is 0.122 e. The van der Waals surface area contributed by atoms with E-state index in [0.717, 1.165) is 49.6 Å². The second-order valence-corrected chi connectivity index (χ2v) is 6.40. The first-order valence-corrected chi connectivity index (χ1v) is 8.00. The Labute approximate surface area is 128 Å². The third-order valence-electron chi connectivity index (χ3n) is 4.67. The van der Waals surface area contributed by atoms with Crippen molar-refractivity contribution in [2.24, 2.45) is 0 Å². The Morgan fingerprint density at radius 3 is 2.81 bits per heavy atom. The number of rotatable bonds is 5. The quantitative estimate of drug-likeness (QED) is 0.905. The van der Waals surface area contributed by atoms with Gasteiger partial charge in [0.2, 0.25) is 0 Å². The van der Waals surface area contributed by atoms with Crippen molar-refractivity contribution >= 4 is 0 Å². The Morgan fingerprint density at radius 2 is 2.19 bits per heavy atom. The van der Waals surface area contributed by atoms with Crippen molar-refractivity contribution in [2.75, 3.05) is 20.2 Å². The molecule has 0 saturated carbocycles. The second-order valence-electron chi connectivity index (χ2n) is 6.40. The molecule has 0 amide bonds. The zero-order valence-corrected chi connectivity index (χ0v) is 14.1. The molecule has 2 unspecified atom stereocenters. The predicted molar refractivity (Wildman–Crippen MR) is 86.7 cm³/mol. The van der Waals surface area contributed by atoms with Gasteiger partial charge in [-0.3, -0.25) is 9.88 Å². The van der Waals surface area contributed by atoms with E-state index in [1.165, 1.54) is 0 Å². The lowest BCUT2D eigenvalue weighted by Crippen LogP contribution is -2.62. The molecule has 21 heavy (non-hydrogen) atoms. The number of hydrogen-bond donors (Lipinski definition) is 1. The van der Waals surface area contributed by atoms with Crippen LogP contribution >= 0.6 is 0 Å². The topological polar surface area (TPSA) is 37.4 Å². The first-order chi connectivity index (χ1) is 9.99. The van der Waals surface area contributed by atoms with Crippen LogP contribution in [0.25, 0.3) is 0 Å². The molecule has 1 fully saturated rings. The van der Waals surface area contributed by atoms with Gasteiger partial charge in [0.1, 0.15) is 5.75 Å². The summed E-state index contributed by atoms with van der Waals surface area (Å²) in [6.07, 6.45) is 2.31. The summed E-state index contributed by atoms with van der Waals surface area (Å²) in [7, 11) is 1.71. The molecular formula is C17H29N3O. The molecule has 0 bridgehead atoms. The van der Waals surface area contributed by atoms with Crippen molar-refractivity contribution in [1.82, 2.24) is 15.2 Å². The molecule has 0 aromatic carbocycles. The van der Waals surface area contributed by atoms with Crippen LogP contribution in [-0.4, -0.2) is 41.7 Å². The van der Waals surface area contributed by atoms with E-state index in [0.29, 0.717) is 6.04 Å². The van der Waals surface area contributed by atoms with Crippen molar-refractivity contribution in [2.45, 2.75) is 58.7 Å². The van der Waals surface area contributed by atoms with Gasteiger partial charge in [-0.05, 0) is 26.7 Å². The first-order valence-electron chi connectivity index (χ1n) is 8.00. The molecule has 2 rings (SSSR count). The van der Waals surface area contributed by atoms with Crippen LogP contribution in [0.5, 0.6) is 5.75 Å². The highest BCUT2D eigenvalue weighted by molar-refractivity contribution is 5.26. The predicted octanol–water partition coefficient (Wildman–Crippen LogP) is 2.75. The molecule has 4 heteroatoms. The fourth-order valence-electron chi connectivity index (χ4n) is 3.06. The molecule has 118 valence electrons. The zero-order valence-electron chi connectivity index (χ0n) is 14.1. The van der Waals surface area contributed by atoms with E-state index in [-0.39, 0.29) is 5.54 Å². The lowest BCUT2D eigenvalue weighted by molar-refractivity contribution is 0.0743.